The third-order valence-corrected chi connectivity index (χ3v) is 2.82. The number of nitrogens with zero attached hydrogens (tertiary/aromatic N) is 1. The van der Waals surface area contributed by atoms with Crippen molar-refractivity contribution in [1.29, 1.82) is 0 Å². The lowest BCUT2D eigenvalue weighted by molar-refractivity contribution is -0.162. The van der Waals surface area contributed by atoms with E-state index in [9.17, 15) is 18.0 Å². The second-order valence-electron chi connectivity index (χ2n) is 4.38. The van der Waals surface area contributed by atoms with Gasteiger partial charge in [-0.1, -0.05) is 13.3 Å². The summed E-state index contributed by atoms with van der Waals surface area (Å²) >= 11 is 0. The Morgan fingerprint density at radius 3 is 2.65 bits per heavy atom. The average Bonchev–Trinajstić information content (AvgIpc) is 2.74. The maximum absolute atomic E-state index is 12.4. The Bertz CT molecular complexity index is 250. The van der Waals surface area contributed by atoms with E-state index in [0.717, 1.165) is 17.7 Å². The average molecular weight is 252 g/mol. The second-order valence-corrected chi connectivity index (χ2v) is 4.38. The van der Waals surface area contributed by atoms with Crippen molar-refractivity contribution in [1.82, 2.24) is 10.2 Å². The Morgan fingerprint density at radius 2 is 2.18 bits per heavy atom. The number of rotatable bonds is 5. The number of halogens is 3. The predicted octanol–water partition coefficient (Wildman–Crippen LogP) is 1.93. The molecule has 1 N–H and O–H groups in total. The summed E-state index contributed by atoms with van der Waals surface area (Å²) in [5.41, 5.74) is 0. The molecule has 1 rings (SSSR count). The van der Waals surface area contributed by atoms with E-state index in [0.29, 0.717) is 19.4 Å². The van der Waals surface area contributed by atoms with E-state index >= 15 is 0 Å². The first-order valence-electron chi connectivity index (χ1n) is 6.03. The maximum atomic E-state index is 12.4. The van der Waals surface area contributed by atoms with Crippen molar-refractivity contribution in [3.8, 4) is 0 Å². The molecule has 0 unspecified atom stereocenters. The van der Waals surface area contributed by atoms with Gasteiger partial charge in [0.05, 0.1) is 6.04 Å². The summed E-state index contributed by atoms with van der Waals surface area (Å²) in [4.78, 5) is 12.8. The number of carbonyl (C=O) groups is 1. The molecular weight excluding hydrogens is 233 g/mol. The normalized spacial score (nSPS) is 20.6. The van der Waals surface area contributed by atoms with Crippen LogP contribution in [0.1, 0.15) is 32.6 Å². The third kappa shape index (κ3) is 4.93. The van der Waals surface area contributed by atoms with Crippen molar-refractivity contribution < 1.29 is 18.0 Å². The van der Waals surface area contributed by atoms with Gasteiger partial charge in [0.1, 0.15) is 6.54 Å². The summed E-state index contributed by atoms with van der Waals surface area (Å²) in [6, 6.07) is -0.422. The van der Waals surface area contributed by atoms with E-state index in [4.69, 9.17) is 0 Å². The Labute approximate surface area is 99.4 Å². The number of unbranched alkanes of at least 4 members (excludes halogenated alkanes) is 1. The summed E-state index contributed by atoms with van der Waals surface area (Å²) in [6.07, 6.45) is -1.44. The van der Waals surface area contributed by atoms with Gasteiger partial charge in [0.15, 0.2) is 0 Å². The minimum atomic E-state index is -4.32. The molecule has 0 aromatic rings. The first-order valence-corrected chi connectivity index (χ1v) is 6.03. The standard InChI is InChI=1S/C11H19F3N2O/c1-2-3-7-16(8-11(12,13)14)10(17)9-5-4-6-15-9/h9,15H,2-8H2,1H3/t9-/m1/s1. The minimum absolute atomic E-state index is 0.188. The largest absolute Gasteiger partial charge is 0.406 e. The molecule has 0 bridgehead atoms. The zero-order valence-electron chi connectivity index (χ0n) is 10.0. The fourth-order valence-corrected chi connectivity index (χ4v) is 1.95. The molecule has 1 aliphatic rings. The number of hydrogen-bond donors (Lipinski definition) is 1. The summed E-state index contributed by atoms with van der Waals surface area (Å²) in [5.74, 6) is -0.409. The van der Waals surface area contributed by atoms with Gasteiger partial charge in [-0.2, -0.15) is 13.2 Å². The highest BCUT2D eigenvalue weighted by Gasteiger charge is 2.35. The highest BCUT2D eigenvalue weighted by molar-refractivity contribution is 5.82. The lowest BCUT2D eigenvalue weighted by atomic mass is 10.2. The van der Waals surface area contributed by atoms with E-state index in [-0.39, 0.29) is 6.54 Å². The Hall–Kier alpha value is -0.780. The molecule has 1 aliphatic heterocycles. The number of alkyl halides is 3. The lowest BCUT2D eigenvalue weighted by Crippen LogP contribution is -2.47. The van der Waals surface area contributed by atoms with E-state index < -0.39 is 24.7 Å². The highest BCUT2D eigenvalue weighted by atomic mass is 19.4. The highest BCUT2D eigenvalue weighted by Crippen LogP contribution is 2.19. The van der Waals surface area contributed by atoms with E-state index in [1.807, 2.05) is 6.92 Å². The van der Waals surface area contributed by atoms with Crippen molar-refractivity contribution in [3.05, 3.63) is 0 Å². The van der Waals surface area contributed by atoms with Crippen LogP contribution in [-0.4, -0.2) is 42.7 Å². The summed E-state index contributed by atoms with van der Waals surface area (Å²) in [6.45, 7) is 1.66. The smallest absolute Gasteiger partial charge is 0.332 e. The molecule has 0 aliphatic carbocycles. The van der Waals surface area contributed by atoms with Crippen LogP contribution in [0.3, 0.4) is 0 Å². The van der Waals surface area contributed by atoms with Crippen LogP contribution in [0.25, 0.3) is 0 Å². The van der Waals surface area contributed by atoms with Gasteiger partial charge in [0.2, 0.25) is 5.91 Å². The molecule has 0 saturated carbocycles. The van der Waals surface area contributed by atoms with Crippen LogP contribution in [0.4, 0.5) is 13.2 Å². The molecule has 0 radical (unpaired) electrons. The molecule has 0 aromatic carbocycles. The predicted molar refractivity (Wildman–Crippen MR) is 58.6 cm³/mol. The number of nitrogens with one attached hydrogen (secondary N) is 1. The van der Waals surface area contributed by atoms with Gasteiger partial charge in [0, 0.05) is 6.54 Å². The zero-order chi connectivity index (χ0) is 12.9. The molecular formula is C11H19F3N2O. The molecule has 1 saturated heterocycles. The van der Waals surface area contributed by atoms with Crippen molar-refractivity contribution in [2.45, 2.75) is 44.8 Å². The van der Waals surface area contributed by atoms with Crippen LogP contribution in [-0.2, 0) is 4.79 Å². The van der Waals surface area contributed by atoms with E-state index in [1.54, 1.807) is 0 Å². The van der Waals surface area contributed by atoms with E-state index in [2.05, 4.69) is 5.32 Å². The van der Waals surface area contributed by atoms with Gasteiger partial charge in [-0.05, 0) is 25.8 Å². The fraction of sp³-hybridized carbons (Fsp3) is 0.909. The number of amides is 1. The van der Waals surface area contributed by atoms with E-state index in [1.165, 1.54) is 0 Å². The fourth-order valence-electron chi connectivity index (χ4n) is 1.95. The van der Waals surface area contributed by atoms with Crippen LogP contribution >= 0.6 is 0 Å². The minimum Gasteiger partial charge on any atom is -0.332 e. The van der Waals surface area contributed by atoms with Gasteiger partial charge in [0.25, 0.3) is 0 Å². The first-order chi connectivity index (χ1) is 7.94. The van der Waals surface area contributed by atoms with Crippen LogP contribution in [0.5, 0.6) is 0 Å². The molecule has 1 amide bonds. The molecule has 17 heavy (non-hydrogen) atoms. The van der Waals surface area contributed by atoms with Crippen LogP contribution in [0.2, 0.25) is 0 Å². The topological polar surface area (TPSA) is 32.3 Å². The summed E-state index contributed by atoms with van der Waals surface area (Å²) < 4.78 is 37.1. The molecule has 0 spiro atoms. The van der Waals surface area contributed by atoms with Crippen LogP contribution in [0.15, 0.2) is 0 Å². The number of carbonyl (C=O) groups excluding carboxylic acids is 1. The van der Waals surface area contributed by atoms with Gasteiger partial charge in [-0.25, -0.2) is 0 Å². The molecule has 100 valence electrons. The van der Waals surface area contributed by atoms with Crippen molar-refractivity contribution in [2.75, 3.05) is 19.6 Å². The lowest BCUT2D eigenvalue weighted by Gasteiger charge is -2.26. The Morgan fingerprint density at radius 1 is 1.47 bits per heavy atom. The molecule has 6 heteroatoms. The SMILES string of the molecule is CCCCN(CC(F)(F)F)C(=O)[C@H]1CCCN1. The second kappa shape index (κ2) is 6.23. The Balaban J connectivity index is 2.57. The molecule has 1 atom stereocenters. The van der Waals surface area contributed by atoms with Crippen molar-refractivity contribution in [2.24, 2.45) is 0 Å². The Kier molecular flexibility index (Phi) is 5.24. The van der Waals surface area contributed by atoms with Crippen LogP contribution in [0, 0.1) is 0 Å². The van der Waals surface area contributed by atoms with Gasteiger partial charge >= 0.3 is 6.18 Å². The molecule has 1 fully saturated rings. The third-order valence-electron chi connectivity index (χ3n) is 2.82. The first kappa shape index (κ1) is 14.3. The summed E-state index contributed by atoms with van der Waals surface area (Å²) in [7, 11) is 0. The number of hydrogen-bond acceptors (Lipinski definition) is 2. The van der Waals surface area contributed by atoms with Crippen molar-refractivity contribution >= 4 is 5.91 Å². The summed E-state index contributed by atoms with van der Waals surface area (Å²) in [5, 5.41) is 2.94. The quantitative estimate of drug-likeness (QED) is 0.811. The van der Waals surface area contributed by atoms with Gasteiger partial charge in [-0.15, -0.1) is 0 Å². The van der Waals surface area contributed by atoms with Crippen molar-refractivity contribution in [3.63, 3.8) is 0 Å². The van der Waals surface area contributed by atoms with Crippen LogP contribution < -0.4 is 5.32 Å². The van der Waals surface area contributed by atoms with Gasteiger partial charge < -0.3 is 10.2 Å². The maximum Gasteiger partial charge on any atom is 0.406 e. The van der Waals surface area contributed by atoms with Gasteiger partial charge in [-0.3, -0.25) is 4.79 Å². The monoisotopic (exact) mass is 252 g/mol. The molecule has 0 aromatic heterocycles. The molecule has 3 nitrogen and oxygen atoms in total. The zero-order valence-corrected chi connectivity index (χ0v) is 10.0. The molecule has 1 heterocycles.